The number of alkyl halides is 2. The van der Waals surface area contributed by atoms with Crippen LogP contribution in [-0.4, -0.2) is 63.9 Å². The summed E-state index contributed by atoms with van der Waals surface area (Å²) in [5.41, 5.74) is 1.75. The highest BCUT2D eigenvalue weighted by atomic mass is 19.3. The summed E-state index contributed by atoms with van der Waals surface area (Å²) in [6.45, 7) is 0.735. The first-order valence-corrected chi connectivity index (χ1v) is 11.5. The first kappa shape index (κ1) is 23.1. The van der Waals surface area contributed by atoms with Crippen LogP contribution in [0.5, 0.6) is 0 Å². The topological polar surface area (TPSA) is 93.5 Å². The van der Waals surface area contributed by atoms with Crippen molar-refractivity contribution in [2.24, 2.45) is 0 Å². The van der Waals surface area contributed by atoms with Gasteiger partial charge in [0.1, 0.15) is 11.7 Å². The maximum atomic E-state index is 13.4. The molecule has 2 saturated heterocycles. The fourth-order valence-electron chi connectivity index (χ4n) is 4.46. The molecule has 35 heavy (non-hydrogen) atoms. The molecule has 2 fully saturated rings. The fourth-order valence-corrected chi connectivity index (χ4v) is 4.46. The largest absolute Gasteiger partial charge is 0.388 e. The van der Waals surface area contributed by atoms with Crippen LogP contribution in [-0.2, 0) is 9.53 Å². The van der Waals surface area contributed by atoms with Gasteiger partial charge in [0.25, 0.3) is 11.8 Å². The molecule has 0 aliphatic carbocycles. The lowest BCUT2D eigenvalue weighted by molar-refractivity contribution is -0.139. The average Bonchev–Trinajstić information content (AvgIpc) is 3.54. The van der Waals surface area contributed by atoms with Gasteiger partial charge in [0, 0.05) is 49.4 Å². The molecular formula is C25H24F2N4O4. The van der Waals surface area contributed by atoms with Crippen LogP contribution < -0.4 is 5.32 Å². The van der Waals surface area contributed by atoms with E-state index in [0.717, 1.165) is 13.0 Å². The number of rotatable bonds is 4. The van der Waals surface area contributed by atoms with E-state index < -0.39 is 23.9 Å². The highest BCUT2D eigenvalue weighted by molar-refractivity contribution is 5.99. The third-order valence-electron chi connectivity index (χ3n) is 6.45. The number of pyridine rings is 1. The molecule has 0 bridgehead atoms. The van der Waals surface area contributed by atoms with Gasteiger partial charge in [-0.2, -0.15) is 0 Å². The number of nitrogens with one attached hydrogen (secondary N) is 1. The van der Waals surface area contributed by atoms with Crippen molar-refractivity contribution in [3.63, 3.8) is 0 Å². The molecule has 0 unspecified atom stereocenters. The Bertz CT molecular complexity index is 1290. The van der Waals surface area contributed by atoms with Crippen LogP contribution in [0.3, 0.4) is 0 Å². The van der Waals surface area contributed by atoms with E-state index in [2.05, 4.69) is 10.3 Å². The van der Waals surface area contributed by atoms with Crippen molar-refractivity contribution in [1.29, 1.82) is 0 Å². The van der Waals surface area contributed by atoms with Gasteiger partial charge in [0.05, 0.1) is 11.1 Å². The maximum absolute atomic E-state index is 13.4. The number of carbonyl (C=O) groups excluding carboxylic acids is 3. The Kier molecular flexibility index (Phi) is 6.06. The van der Waals surface area contributed by atoms with Gasteiger partial charge in [0.2, 0.25) is 0 Å². The minimum atomic E-state index is -2.72. The lowest BCUT2D eigenvalue weighted by Crippen LogP contribution is -2.42. The number of fused-ring (bicyclic) bond motifs is 1. The molecular weight excluding hydrogens is 458 g/mol. The summed E-state index contributed by atoms with van der Waals surface area (Å²) in [6.07, 6.45) is 4.00. The van der Waals surface area contributed by atoms with Gasteiger partial charge >= 0.3 is 11.9 Å². The second-order valence-corrected chi connectivity index (χ2v) is 8.88. The molecule has 0 radical (unpaired) electrons. The zero-order chi connectivity index (χ0) is 24.6. The molecule has 1 aromatic carbocycles. The number of hydrogen-bond donors (Lipinski definition) is 1. The van der Waals surface area contributed by atoms with Crippen molar-refractivity contribution < 1.29 is 27.9 Å². The first-order valence-electron chi connectivity index (χ1n) is 11.5. The first-order chi connectivity index (χ1) is 16.8. The van der Waals surface area contributed by atoms with Crippen LogP contribution in [0.4, 0.5) is 8.78 Å². The Morgan fingerprint density at radius 3 is 2.63 bits per heavy atom. The van der Waals surface area contributed by atoms with Gasteiger partial charge in [0.15, 0.2) is 0 Å². The molecule has 0 saturated carbocycles. The van der Waals surface area contributed by atoms with Crippen molar-refractivity contribution in [3.8, 4) is 5.69 Å². The number of amides is 1. The predicted octanol–water partition coefficient (Wildman–Crippen LogP) is 3.33. The van der Waals surface area contributed by atoms with E-state index in [1.165, 1.54) is 11.1 Å². The van der Waals surface area contributed by atoms with Crippen molar-refractivity contribution in [2.45, 2.75) is 37.6 Å². The number of nitrogens with zero attached hydrogens (tertiary/aromatic N) is 3. The number of aromatic nitrogens is 2. The molecule has 182 valence electrons. The molecule has 4 heterocycles. The SMILES string of the molecule is O=C(OC(=O)[C@@H]1CCCN1)c1cccc(-n2ccc3cc(C(=O)N4CCC(F)(F)CC4)cnc32)c1. The van der Waals surface area contributed by atoms with E-state index in [0.29, 0.717) is 28.7 Å². The Labute approximate surface area is 199 Å². The van der Waals surface area contributed by atoms with E-state index >= 15 is 0 Å². The highest BCUT2D eigenvalue weighted by Crippen LogP contribution is 2.29. The van der Waals surface area contributed by atoms with Gasteiger partial charge in [-0.15, -0.1) is 0 Å². The number of halogens is 2. The van der Waals surface area contributed by atoms with Gasteiger partial charge in [-0.1, -0.05) is 6.07 Å². The van der Waals surface area contributed by atoms with Crippen LogP contribution in [0.15, 0.2) is 48.8 Å². The molecule has 0 spiro atoms. The zero-order valence-electron chi connectivity index (χ0n) is 18.9. The molecule has 2 aliphatic heterocycles. The molecule has 1 amide bonds. The second-order valence-electron chi connectivity index (χ2n) is 8.88. The van der Waals surface area contributed by atoms with E-state index in [1.807, 2.05) is 0 Å². The second kappa shape index (κ2) is 9.18. The predicted molar refractivity (Wildman–Crippen MR) is 123 cm³/mol. The number of hydrogen-bond acceptors (Lipinski definition) is 6. The average molecular weight is 482 g/mol. The minimum Gasteiger partial charge on any atom is -0.388 e. The summed E-state index contributed by atoms with van der Waals surface area (Å²) < 4.78 is 33.6. The molecule has 3 aromatic rings. The number of esters is 2. The van der Waals surface area contributed by atoms with Gasteiger partial charge in [-0.05, 0) is 49.7 Å². The van der Waals surface area contributed by atoms with Gasteiger partial charge < -0.3 is 19.5 Å². The Balaban J connectivity index is 1.34. The summed E-state index contributed by atoms with van der Waals surface area (Å²) >= 11 is 0. The number of benzene rings is 1. The maximum Gasteiger partial charge on any atom is 0.345 e. The monoisotopic (exact) mass is 482 g/mol. The van der Waals surface area contributed by atoms with Crippen molar-refractivity contribution >= 4 is 28.9 Å². The van der Waals surface area contributed by atoms with Crippen molar-refractivity contribution in [1.82, 2.24) is 19.8 Å². The summed E-state index contributed by atoms with van der Waals surface area (Å²) in [6, 6.07) is 9.64. The van der Waals surface area contributed by atoms with E-state index in [-0.39, 0.29) is 37.4 Å². The van der Waals surface area contributed by atoms with Crippen molar-refractivity contribution in [3.05, 3.63) is 59.9 Å². The van der Waals surface area contributed by atoms with Crippen LogP contribution >= 0.6 is 0 Å². The number of piperidine rings is 1. The van der Waals surface area contributed by atoms with Crippen molar-refractivity contribution in [2.75, 3.05) is 19.6 Å². The highest BCUT2D eigenvalue weighted by Gasteiger charge is 2.36. The van der Waals surface area contributed by atoms with Crippen LogP contribution in [0.1, 0.15) is 46.4 Å². The third kappa shape index (κ3) is 4.79. The summed E-state index contributed by atoms with van der Waals surface area (Å²) in [5.74, 6) is -4.36. The van der Waals surface area contributed by atoms with Crippen LogP contribution in [0.2, 0.25) is 0 Å². The third-order valence-corrected chi connectivity index (χ3v) is 6.45. The summed E-state index contributed by atoms with van der Waals surface area (Å²) in [5, 5.41) is 3.69. The summed E-state index contributed by atoms with van der Waals surface area (Å²) in [4.78, 5) is 43.3. The molecule has 10 heteroatoms. The molecule has 1 N–H and O–H groups in total. The van der Waals surface area contributed by atoms with Gasteiger partial charge in [-0.3, -0.25) is 4.79 Å². The fraction of sp³-hybridized carbons (Fsp3) is 0.360. The number of likely N-dealkylation sites (tertiary alicyclic amines) is 1. The quantitative estimate of drug-likeness (QED) is 0.453. The molecule has 2 aromatic heterocycles. The zero-order valence-corrected chi connectivity index (χ0v) is 18.9. The number of ether oxygens (including phenoxy) is 1. The molecule has 8 nitrogen and oxygen atoms in total. The lowest BCUT2D eigenvalue weighted by Gasteiger charge is -2.31. The number of carbonyl (C=O) groups is 3. The molecule has 5 rings (SSSR count). The smallest absolute Gasteiger partial charge is 0.345 e. The summed E-state index contributed by atoms with van der Waals surface area (Å²) in [7, 11) is 0. The molecule has 1 atom stereocenters. The van der Waals surface area contributed by atoms with E-state index in [1.54, 1.807) is 47.2 Å². The minimum absolute atomic E-state index is 0.00703. The van der Waals surface area contributed by atoms with E-state index in [9.17, 15) is 23.2 Å². The Morgan fingerprint density at radius 1 is 1.09 bits per heavy atom. The van der Waals surface area contributed by atoms with Crippen LogP contribution in [0.25, 0.3) is 16.7 Å². The van der Waals surface area contributed by atoms with Gasteiger partial charge in [-0.25, -0.2) is 23.4 Å². The Morgan fingerprint density at radius 2 is 1.89 bits per heavy atom. The normalized spacial score (nSPS) is 19.6. The standard InChI is InChI=1S/C25H24F2N4O4/c26-25(27)7-11-30(12-8-25)22(32)18-13-16-6-10-31(21(16)29-15-18)19-4-1-3-17(14-19)23(33)35-24(34)20-5-2-9-28-20/h1,3-4,6,10,13-15,20,28H,2,5,7-9,11-12H2/t20-/m0/s1. The van der Waals surface area contributed by atoms with Crippen LogP contribution in [0, 0.1) is 0 Å². The van der Waals surface area contributed by atoms with E-state index in [4.69, 9.17) is 4.74 Å². The molecule has 2 aliphatic rings. The lowest BCUT2D eigenvalue weighted by atomic mass is 10.1. The Hall–Kier alpha value is -3.66.